The highest BCUT2D eigenvalue weighted by Crippen LogP contribution is 2.24. The lowest BCUT2D eigenvalue weighted by molar-refractivity contribution is -0.113. The minimum Gasteiger partial charge on any atom is -0.339 e. The molecule has 3 aromatic rings. The number of amides is 2. The maximum absolute atomic E-state index is 12.4. The molecule has 1 aliphatic heterocycles. The van der Waals surface area contributed by atoms with Crippen molar-refractivity contribution in [3.8, 4) is 11.3 Å². The fraction of sp³-hybridized carbons (Fsp3) is 0.273. The zero-order valence-corrected chi connectivity index (χ0v) is 18.3. The van der Waals surface area contributed by atoms with E-state index in [4.69, 9.17) is 0 Å². The average Bonchev–Trinajstić information content (AvgIpc) is 3.44. The number of nitrogens with one attached hydrogen (secondary N) is 1. The van der Waals surface area contributed by atoms with Gasteiger partial charge in [0.1, 0.15) is 0 Å². The molecule has 4 rings (SSSR count). The molecule has 154 valence electrons. The van der Waals surface area contributed by atoms with Gasteiger partial charge in [-0.3, -0.25) is 9.59 Å². The topological polar surface area (TPSA) is 75.2 Å². The molecule has 0 spiro atoms. The monoisotopic (exact) mass is 438 g/mol. The summed E-state index contributed by atoms with van der Waals surface area (Å²) in [7, 11) is 0. The number of thioether (sulfide) groups is 1. The second-order valence-electron chi connectivity index (χ2n) is 7.05. The van der Waals surface area contributed by atoms with Crippen LogP contribution in [0.5, 0.6) is 0 Å². The molecule has 6 nitrogen and oxygen atoms in total. The van der Waals surface area contributed by atoms with E-state index >= 15 is 0 Å². The van der Waals surface area contributed by atoms with Crippen LogP contribution in [0.1, 0.15) is 28.2 Å². The molecule has 1 aliphatic rings. The highest BCUT2D eigenvalue weighted by Gasteiger charge is 2.19. The smallest absolute Gasteiger partial charge is 0.255 e. The van der Waals surface area contributed by atoms with E-state index in [1.54, 1.807) is 29.7 Å². The average molecular weight is 439 g/mol. The fourth-order valence-electron chi connectivity index (χ4n) is 3.28. The van der Waals surface area contributed by atoms with Crippen molar-refractivity contribution in [1.82, 2.24) is 14.9 Å². The third-order valence-electron chi connectivity index (χ3n) is 4.79. The molecule has 8 heteroatoms. The zero-order chi connectivity index (χ0) is 20.9. The Balaban J connectivity index is 1.31. The lowest BCUT2D eigenvalue weighted by Crippen LogP contribution is -2.27. The van der Waals surface area contributed by atoms with Crippen molar-refractivity contribution in [2.75, 3.05) is 24.2 Å². The highest BCUT2D eigenvalue weighted by molar-refractivity contribution is 7.99. The third kappa shape index (κ3) is 5.06. The Morgan fingerprint density at radius 1 is 1.20 bits per heavy atom. The van der Waals surface area contributed by atoms with Crippen molar-refractivity contribution < 1.29 is 9.59 Å². The van der Waals surface area contributed by atoms with E-state index in [0.717, 1.165) is 52.9 Å². The zero-order valence-electron chi connectivity index (χ0n) is 16.6. The van der Waals surface area contributed by atoms with Crippen LogP contribution in [0, 0.1) is 6.92 Å². The lowest BCUT2D eigenvalue weighted by Gasteiger charge is -2.14. The van der Waals surface area contributed by atoms with Gasteiger partial charge >= 0.3 is 0 Å². The van der Waals surface area contributed by atoms with Gasteiger partial charge in [-0.25, -0.2) is 9.97 Å². The van der Waals surface area contributed by atoms with Gasteiger partial charge in [0, 0.05) is 35.9 Å². The molecule has 0 atom stereocenters. The van der Waals surface area contributed by atoms with Gasteiger partial charge in [-0.1, -0.05) is 23.9 Å². The van der Waals surface area contributed by atoms with Gasteiger partial charge in [-0.05, 0) is 44.0 Å². The van der Waals surface area contributed by atoms with E-state index in [-0.39, 0.29) is 17.6 Å². The standard InChI is InChI=1S/C22H22N4O2S2/c1-15-24-19(13-29-15)16-5-4-6-18(11-16)25-20(27)14-30-21-8-7-17(12-23-21)22(28)26-9-2-3-10-26/h4-8,11-13H,2-3,9-10,14H2,1H3,(H,25,27). The number of benzene rings is 1. The third-order valence-corrected chi connectivity index (χ3v) is 6.51. The Morgan fingerprint density at radius 3 is 2.73 bits per heavy atom. The van der Waals surface area contributed by atoms with E-state index in [1.807, 2.05) is 41.5 Å². The first kappa shape index (κ1) is 20.6. The van der Waals surface area contributed by atoms with Gasteiger partial charge in [0.25, 0.3) is 5.91 Å². The molecule has 1 fully saturated rings. The van der Waals surface area contributed by atoms with Crippen molar-refractivity contribution >= 4 is 40.6 Å². The number of hydrogen-bond acceptors (Lipinski definition) is 6. The number of rotatable bonds is 6. The molecule has 1 aromatic carbocycles. The van der Waals surface area contributed by atoms with Crippen molar-refractivity contribution in [2.24, 2.45) is 0 Å². The van der Waals surface area contributed by atoms with Gasteiger partial charge < -0.3 is 10.2 Å². The van der Waals surface area contributed by atoms with Crippen molar-refractivity contribution in [3.05, 3.63) is 58.5 Å². The van der Waals surface area contributed by atoms with Crippen molar-refractivity contribution in [1.29, 1.82) is 0 Å². The predicted octanol–water partition coefficient (Wildman–Crippen LogP) is 4.48. The summed E-state index contributed by atoms with van der Waals surface area (Å²) in [5, 5.41) is 6.66. The van der Waals surface area contributed by atoms with Crippen LogP contribution < -0.4 is 5.32 Å². The summed E-state index contributed by atoms with van der Waals surface area (Å²) < 4.78 is 0. The molecule has 1 saturated heterocycles. The largest absolute Gasteiger partial charge is 0.339 e. The molecular formula is C22H22N4O2S2. The number of carbonyl (C=O) groups is 2. The molecule has 0 aliphatic carbocycles. The Bertz CT molecular complexity index is 1040. The van der Waals surface area contributed by atoms with Crippen LogP contribution in [0.4, 0.5) is 5.69 Å². The van der Waals surface area contributed by atoms with Gasteiger partial charge in [-0.15, -0.1) is 11.3 Å². The first-order valence-electron chi connectivity index (χ1n) is 9.79. The minimum atomic E-state index is -0.106. The fourth-order valence-corrected chi connectivity index (χ4v) is 4.55. The lowest BCUT2D eigenvalue weighted by atomic mass is 10.1. The number of carbonyl (C=O) groups excluding carboxylic acids is 2. The summed E-state index contributed by atoms with van der Waals surface area (Å²) >= 11 is 2.95. The molecule has 30 heavy (non-hydrogen) atoms. The van der Waals surface area contributed by atoms with Gasteiger partial charge in [0.2, 0.25) is 5.91 Å². The van der Waals surface area contributed by atoms with Crippen LogP contribution in [-0.4, -0.2) is 45.5 Å². The summed E-state index contributed by atoms with van der Waals surface area (Å²) in [6.45, 7) is 3.61. The second-order valence-corrected chi connectivity index (χ2v) is 9.11. The van der Waals surface area contributed by atoms with Crippen molar-refractivity contribution in [2.45, 2.75) is 24.8 Å². The second kappa shape index (κ2) is 9.40. The first-order chi connectivity index (χ1) is 14.6. The molecule has 0 bridgehead atoms. The Hall–Kier alpha value is -2.71. The molecular weight excluding hydrogens is 416 g/mol. The number of likely N-dealkylation sites (tertiary alicyclic amines) is 1. The summed E-state index contributed by atoms with van der Waals surface area (Å²) in [4.78, 5) is 35.4. The van der Waals surface area contributed by atoms with E-state index in [1.165, 1.54) is 11.8 Å². The predicted molar refractivity (Wildman–Crippen MR) is 121 cm³/mol. The highest BCUT2D eigenvalue weighted by atomic mass is 32.2. The number of thiazole rings is 1. The number of pyridine rings is 1. The summed E-state index contributed by atoms with van der Waals surface area (Å²) in [5.74, 6) is 0.169. The molecule has 3 heterocycles. The maximum atomic E-state index is 12.4. The molecule has 1 N–H and O–H groups in total. The minimum absolute atomic E-state index is 0.0319. The quantitative estimate of drug-likeness (QED) is 0.574. The van der Waals surface area contributed by atoms with Crippen LogP contribution in [-0.2, 0) is 4.79 Å². The number of hydrogen-bond donors (Lipinski definition) is 1. The Labute approximate surface area is 183 Å². The molecule has 0 radical (unpaired) electrons. The Kier molecular flexibility index (Phi) is 6.44. The molecule has 0 saturated carbocycles. The Morgan fingerprint density at radius 2 is 2.03 bits per heavy atom. The van der Waals surface area contributed by atoms with Crippen LogP contribution in [0.2, 0.25) is 0 Å². The first-order valence-corrected chi connectivity index (χ1v) is 11.7. The van der Waals surface area contributed by atoms with Crippen molar-refractivity contribution in [3.63, 3.8) is 0 Å². The maximum Gasteiger partial charge on any atom is 0.255 e. The van der Waals surface area contributed by atoms with E-state index in [9.17, 15) is 9.59 Å². The van der Waals surface area contributed by atoms with E-state index < -0.39 is 0 Å². The number of aryl methyl sites for hydroxylation is 1. The van der Waals surface area contributed by atoms with Crippen LogP contribution in [0.3, 0.4) is 0 Å². The summed E-state index contributed by atoms with van der Waals surface area (Å²) in [5.41, 5.74) is 3.23. The van der Waals surface area contributed by atoms with Gasteiger partial charge in [0.15, 0.2) is 0 Å². The SMILES string of the molecule is Cc1nc(-c2cccc(NC(=O)CSc3ccc(C(=O)N4CCCC4)cn3)c2)cs1. The van der Waals surface area contributed by atoms with E-state index in [2.05, 4.69) is 15.3 Å². The molecule has 2 amide bonds. The number of nitrogens with zero attached hydrogens (tertiary/aromatic N) is 3. The number of anilines is 1. The summed E-state index contributed by atoms with van der Waals surface area (Å²) in [6, 6.07) is 11.3. The summed E-state index contributed by atoms with van der Waals surface area (Å²) in [6.07, 6.45) is 3.73. The molecule has 0 unspecified atom stereocenters. The molecule has 2 aromatic heterocycles. The van der Waals surface area contributed by atoms with E-state index in [0.29, 0.717) is 5.56 Å². The normalized spacial score (nSPS) is 13.4. The van der Waals surface area contributed by atoms with Gasteiger partial charge in [0.05, 0.1) is 27.0 Å². The van der Waals surface area contributed by atoms with Gasteiger partial charge in [-0.2, -0.15) is 0 Å². The van der Waals surface area contributed by atoms with Crippen LogP contribution in [0.15, 0.2) is 53.0 Å². The number of aromatic nitrogens is 2. The van der Waals surface area contributed by atoms with Crippen LogP contribution >= 0.6 is 23.1 Å². The van der Waals surface area contributed by atoms with Crippen LogP contribution in [0.25, 0.3) is 11.3 Å².